The molecule has 4 heterocycles. The van der Waals surface area contributed by atoms with Gasteiger partial charge in [0.1, 0.15) is 0 Å². The van der Waals surface area contributed by atoms with E-state index in [1.165, 1.54) is 24.8 Å². The van der Waals surface area contributed by atoms with Gasteiger partial charge in [0.05, 0.1) is 17.8 Å². The van der Waals surface area contributed by atoms with Crippen LogP contribution in [-0.2, 0) is 17.6 Å². The number of imidazole rings is 1. The number of hydrogen-bond donors (Lipinski definition) is 1. The predicted molar refractivity (Wildman–Crippen MR) is 126 cm³/mol. The molecule has 6 heteroatoms. The number of amides is 1. The third kappa shape index (κ3) is 3.32. The first-order valence-electron chi connectivity index (χ1n) is 11.3. The van der Waals surface area contributed by atoms with Crippen LogP contribution in [-0.4, -0.2) is 33.4 Å². The fraction of sp³-hybridized carbons (Fsp3) is 0.269. The molecule has 32 heavy (non-hydrogen) atoms. The molecule has 4 aromatic rings. The Morgan fingerprint density at radius 2 is 1.84 bits per heavy atom. The monoisotopic (exact) mass is 423 g/mol. The van der Waals surface area contributed by atoms with Gasteiger partial charge in [-0.05, 0) is 42.5 Å². The zero-order valence-electron chi connectivity index (χ0n) is 17.9. The highest BCUT2D eigenvalue weighted by molar-refractivity contribution is 5.99. The van der Waals surface area contributed by atoms with Crippen LogP contribution in [0.3, 0.4) is 0 Å². The molecule has 0 spiro atoms. The van der Waals surface area contributed by atoms with Crippen molar-refractivity contribution in [3.63, 3.8) is 0 Å². The average molecular weight is 424 g/mol. The van der Waals surface area contributed by atoms with Crippen molar-refractivity contribution < 1.29 is 4.79 Å². The van der Waals surface area contributed by atoms with Gasteiger partial charge < -0.3 is 10.2 Å². The molecule has 0 unspecified atom stereocenters. The Bertz CT molecular complexity index is 1300. The summed E-state index contributed by atoms with van der Waals surface area (Å²) >= 11 is 0. The van der Waals surface area contributed by atoms with Crippen molar-refractivity contribution in [2.45, 2.75) is 32.1 Å². The largest absolute Gasteiger partial charge is 0.354 e. The first-order chi connectivity index (χ1) is 15.8. The van der Waals surface area contributed by atoms with Gasteiger partial charge in [-0.25, -0.2) is 9.97 Å². The van der Waals surface area contributed by atoms with Crippen LogP contribution in [0.15, 0.2) is 60.9 Å². The van der Waals surface area contributed by atoms with E-state index in [1.54, 1.807) is 0 Å². The molecule has 2 aliphatic rings. The quantitative estimate of drug-likeness (QED) is 0.526. The van der Waals surface area contributed by atoms with Gasteiger partial charge in [0, 0.05) is 43.2 Å². The normalized spacial score (nSPS) is 15.8. The van der Waals surface area contributed by atoms with Gasteiger partial charge >= 0.3 is 0 Å². The lowest BCUT2D eigenvalue weighted by Crippen LogP contribution is -2.30. The molecule has 0 atom stereocenters. The zero-order valence-corrected chi connectivity index (χ0v) is 17.9. The zero-order chi connectivity index (χ0) is 21.5. The van der Waals surface area contributed by atoms with Gasteiger partial charge in [-0.2, -0.15) is 0 Å². The number of piperidine rings is 1. The highest BCUT2D eigenvalue weighted by atomic mass is 16.1. The Morgan fingerprint density at radius 1 is 1.00 bits per heavy atom. The fourth-order valence-corrected chi connectivity index (χ4v) is 4.93. The molecule has 6 nitrogen and oxygen atoms in total. The van der Waals surface area contributed by atoms with Crippen molar-refractivity contribution in [1.29, 1.82) is 0 Å². The molecule has 0 bridgehead atoms. The first-order valence-corrected chi connectivity index (χ1v) is 11.3. The van der Waals surface area contributed by atoms with Gasteiger partial charge in [-0.3, -0.25) is 9.20 Å². The van der Waals surface area contributed by atoms with E-state index in [1.807, 2.05) is 24.5 Å². The van der Waals surface area contributed by atoms with Gasteiger partial charge in [0.2, 0.25) is 5.91 Å². The number of anilines is 2. The SMILES string of the molecule is O=C1Cc2cc(-c3c(Cc4ccccc4)nc4c(N5CCCCC5)nccn34)ccc2N1. The van der Waals surface area contributed by atoms with Crippen LogP contribution in [0.4, 0.5) is 11.5 Å². The number of hydrogen-bond acceptors (Lipinski definition) is 4. The van der Waals surface area contributed by atoms with Crippen molar-refractivity contribution in [2.75, 3.05) is 23.3 Å². The fourth-order valence-electron chi connectivity index (χ4n) is 4.93. The van der Waals surface area contributed by atoms with E-state index in [0.717, 1.165) is 59.2 Å². The second kappa shape index (κ2) is 7.79. The molecule has 160 valence electrons. The van der Waals surface area contributed by atoms with Crippen LogP contribution in [0.2, 0.25) is 0 Å². The Labute approximate surface area is 186 Å². The van der Waals surface area contributed by atoms with Crippen LogP contribution in [0.25, 0.3) is 16.9 Å². The summed E-state index contributed by atoms with van der Waals surface area (Å²) in [5.41, 5.74) is 7.26. The third-order valence-corrected chi connectivity index (χ3v) is 6.47. The molecule has 2 aromatic carbocycles. The molecule has 6 rings (SSSR count). The molecule has 0 radical (unpaired) electrons. The number of rotatable bonds is 4. The van der Waals surface area contributed by atoms with E-state index in [2.05, 4.69) is 51.0 Å². The smallest absolute Gasteiger partial charge is 0.228 e. The molecule has 2 aliphatic heterocycles. The maximum Gasteiger partial charge on any atom is 0.228 e. The minimum absolute atomic E-state index is 0.0522. The van der Waals surface area contributed by atoms with E-state index >= 15 is 0 Å². The average Bonchev–Trinajstić information content (AvgIpc) is 3.38. The maximum atomic E-state index is 11.9. The summed E-state index contributed by atoms with van der Waals surface area (Å²) in [5, 5.41) is 2.94. The number of carbonyl (C=O) groups is 1. The van der Waals surface area contributed by atoms with Crippen LogP contribution in [0, 0.1) is 0 Å². The Morgan fingerprint density at radius 3 is 2.69 bits per heavy atom. The van der Waals surface area contributed by atoms with E-state index in [0.29, 0.717) is 6.42 Å². The summed E-state index contributed by atoms with van der Waals surface area (Å²) in [6.07, 6.45) is 8.72. The van der Waals surface area contributed by atoms with E-state index in [9.17, 15) is 4.79 Å². The molecule has 1 fully saturated rings. The maximum absolute atomic E-state index is 11.9. The Kier molecular flexibility index (Phi) is 4.63. The third-order valence-electron chi connectivity index (χ3n) is 6.47. The summed E-state index contributed by atoms with van der Waals surface area (Å²) in [5.74, 6) is 1.02. The molecule has 2 aromatic heterocycles. The lowest BCUT2D eigenvalue weighted by Gasteiger charge is -2.27. The minimum Gasteiger partial charge on any atom is -0.354 e. The van der Waals surface area contributed by atoms with Gasteiger partial charge in [0.15, 0.2) is 11.5 Å². The second-order valence-electron chi connectivity index (χ2n) is 8.66. The molecule has 1 saturated heterocycles. The molecule has 1 N–H and O–H groups in total. The van der Waals surface area contributed by atoms with Crippen LogP contribution < -0.4 is 10.2 Å². The number of benzene rings is 2. The summed E-state index contributed by atoms with van der Waals surface area (Å²) < 4.78 is 2.18. The Hall–Kier alpha value is -3.67. The highest BCUT2D eigenvalue weighted by Crippen LogP contribution is 2.34. The minimum atomic E-state index is 0.0522. The summed E-state index contributed by atoms with van der Waals surface area (Å²) in [6.45, 7) is 2.05. The molecule has 0 aliphatic carbocycles. The molecule has 0 saturated carbocycles. The first kappa shape index (κ1) is 19.0. The second-order valence-corrected chi connectivity index (χ2v) is 8.66. The highest BCUT2D eigenvalue weighted by Gasteiger charge is 2.23. The topological polar surface area (TPSA) is 62.5 Å². The van der Waals surface area contributed by atoms with Crippen LogP contribution >= 0.6 is 0 Å². The predicted octanol–water partition coefficient (Wildman–Crippen LogP) is 4.47. The van der Waals surface area contributed by atoms with Crippen molar-refractivity contribution in [1.82, 2.24) is 14.4 Å². The Balaban J connectivity index is 1.53. The standard InChI is InChI=1S/C26H25N5O/c32-23-17-20-16-19(9-10-21(20)28-23)24-22(15-18-7-3-1-4-8-18)29-26-25(27-11-14-31(24)26)30-12-5-2-6-13-30/h1,3-4,7-11,14,16H,2,5-6,12-13,15,17H2,(H,28,32). The number of nitrogens with zero attached hydrogens (tertiary/aromatic N) is 4. The lowest BCUT2D eigenvalue weighted by molar-refractivity contribution is -0.115. The van der Waals surface area contributed by atoms with Gasteiger partial charge in [-0.15, -0.1) is 0 Å². The summed E-state index contributed by atoms with van der Waals surface area (Å²) in [4.78, 5) is 24.1. The van der Waals surface area contributed by atoms with E-state index in [-0.39, 0.29) is 5.91 Å². The lowest BCUT2D eigenvalue weighted by atomic mass is 10.0. The number of carbonyl (C=O) groups excluding carboxylic acids is 1. The molecular formula is C26H25N5O. The van der Waals surface area contributed by atoms with Crippen molar-refractivity contribution in [3.8, 4) is 11.3 Å². The van der Waals surface area contributed by atoms with Crippen LogP contribution in [0.5, 0.6) is 0 Å². The molecule has 1 amide bonds. The van der Waals surface area contributed by atoms with Crippen molar-refractivity contribution in [3.05, 3.63) is 77.7 Å². The van der Waals surface area contributed by atoms with E-state index in [4.69, 9.17) is 9.97 Å². The summed E-state index contributed by atoms with van der Waals surface area (Å²) in [6, 6.07) is 16.7. The number of fused-ring (bicyclic) bond motifs is 2. The van der Waals surface area contributed by atoms with Gasteiger partial charge in [-0.1, -0.05) is 36.4 Å². The van der Waals surface area contributed by atoms with Crippen LogP contribution in [0.1, 0.15) is 36.1 Å². The van der Waals surface area contributed by atoms with Crippen molar-refractivity contribution in [2.24, 2.45) is 0 Å². The van der Waals surface area contributed by atoms with Gasteiger partial charge in [0.25, 0.3) is 0 Å². The van der Waals surface area contributed by atoms with Crippen molar-refractivity contribution >= 4 is 23.1 Å². The summed E-state index contributed by atoms with van der Waals surface area (Å²) in [7, 11) is 0. The number of nitrogens with one attached hydrogen (secondary N) is 1. The number of aromatic nitrogens is 3. The van der Waals surface area contributed by atoms with E-state index < -0.39 is 0 Å². The molecular weight excluding hydrogens is 398 g/mol.